The topological polar surface area (TPSA) is 117 Å². The molecule has 36 heavy (non-hydrogen) atoms. The first kappa shape index (κ1) is 25.9. The van der Waals surface area contributed by atoms with Crippen molar-refractivity contribution in [2.75, 3.05) is 33.9 Å². The Bertz CT molecular complexity index is 1450. The van der Waals surface area contributed by atoms with Gasteiger partial charge in [-0.15, -0.1) is 0 Å². The minimum Gasteiger partial charge on any atom is -0.493 e. The van der Waals surface area contributed by atoms with Crippen molar-refractivity contribution in [3.8, 4) is 11.5 Å². The van der Waals surface area contributed by atoms with Crippen molar-refractivity contribution in [1.82, 2.24) is 8.87 Å². The van der Waals surface area contributed by atoms with Gasteiger partial charge in [-0.3, -0.25) is 9.59 Å². The number of esters is 1. The fraction of sp³-hybridized carbons (Fsp3) is 0.375. The minimum atomic E-state index is -3.58. The number of ether oxygens (including phenoxy) is 3. The van der Waals surface area contributed by atoms with Gasteiger partial charge in [-0.25, -0.2) is 8.42 Å². The molecule has 1 amide bonds. The zero-order valence-electron chi connectivity index (χ0n) is 20.2. The highest BCUT2D eigenvalue weighted by Crippen LogP contribution is 2.33. The van der Waals surface area contributed by atoms with Crippen molar-refractivity contribution in [3.63, 3.8) is 0 Å². The Labute approximate surface area is 212 Å². The summed E-state index contributed by atoms with van der Waals surface area (Å²) in [6.07, 6.45) is 1.68. The Morgan fingerprint density at radius 1 is 1.03 bits per heavy atom. The van der Waals surface area contributed by atoms with Crippen molar-refractivity contribution in [2.45, 2.75) is 31.2 Å². The summed E-state index contributed by atoms with van der Waals surface area (Å²) >= 11 is 1.21. The molecule has 0 spiro atoms. The number of benzene rings is 2. The van der Waals surface area contributed by atoms with Gasteiger partial charge in [-0.1, -0.05) is 11.3 Å². The molecule has 0 bridgehead atoms. The van der Waals surface area contributed by atoms with Gasteiger partial charge in [0.1, 0.15) is 6.54 Å². The second-order valence-electron chi connectivity index (χ2n) is 8.00. The van der Waals surface area contributed by atoms with Crippen LogP contribution in [-0.2, 0) is 26.1 Å². The number of amides is 1. The van der Waals surface area contributed by atoms with Crippen LogP contribution in [0.4, 0.5) is 0 Å². The van der Waals surface area contributed by atoms with E-state index >= 15 is 0 Å². The van der Waals surface area contributed by atoms with Crippen LogP contribution in [0.1, 0.15) is 30.1 Å². The molecule has 0 atom stereocenters. The van der Waals surface area contributed by atoms with E-state index in [1.807, 2.05) is 0 Å². The lowest BCUT2D eigenvalue weighted by Gasteiger charge is -2.15. The molecule has 1 aromatic heterocycles. The van der Waals surface area contributed by atoms with E-state index in [9.17, 15) is 18.0 Å². The molecule has 0 saturated carbocycles. The summed E-state index contributed by atoms with van der Waals surface area (Å²) in [4.78, 5) is 30.0. The zero-order valence-corrected chi connectivity index (χ0v) is 21.9. The quantitative estimate of drug-likeness (QED) is 0.409. The Balaban J connectivity index is 1.73. The number of carbonyl (C=O) groups is 2. The van der Waals surface area contributed by atoms with Crippen molar-refractivity contribution < 1.29 is 32.2 Å². The smallest absolute Gasteiger partial charge is 0.326 e. The SMILES string of the molecule is CCOC(=O)Cn1c(=NC(=O)c2ccc(S(=O)(=O)N3CCCC3)cc2)sc2cc(OC)c(OC)cc21. The monoisotopic (exact) mass is 533 g/mol. The molecule has 0 radical (unpaired) electrons. The Hall–Kier alpha value is -3.22. The van der Waals surface area contributed by atoms with Crippen LogP contribution in [0.25, 0.3) is 10.2 Å². The van der Waals surface area contributed by atoms with Crippen LogP contribution in [0.15, 0.2) is 46.3 Å². The number of nitrogens with zero attached hydrogens (tertiary/aromatic N) is 3. The highest BCUT2D eigenvalue weighted by atomic mass is 32.2. The number of carbonyl (C=O) groups excluding carboxylic acids is 2. The zero-order chi connectivity index (χ0) is 25.9. The Kier molecular flexibility index (Phi) is 7.76. The summed E-state index contributed by atoms with van der Waals surface area (Å²) in [6, 6.07) is 9.20. The third-order valence-electron chi connectivity index (χ3n) is 5.78. The lowest BCUT2D eigenvalue weighted by Crippen LogP contribution is -2.27. The van der Waals surface area contributed by atoms with Gasteiger partial charge >= 0.3 is 5.97 Å². The molecule has 1 saturated heterocycles. The maximum Gasteiger partial charge on any atom is 0.326 e. The lowest BCUT2D eigenvalue weighted by atomic mass is 10.2. The third-order valence-corrected chi connectivity index (χ3v) is 8.74. The molecule has 12 heteroatoms. The first-order valence-electron chi connectivity index (χ1n) is 11.4. The molecule has 10 nitrogen and oxygen atoms in total. The summed E-state index contributed by atoms with van der Waals surface area (Å²) < 4.78 is 45.2. The maximum atomic E-state index is 13.0. The van der Waals surface area contributed by atoms with Gasteiger partial charge in [0.25, 0.3) is 5.91 Å². The number of fused-ring (bicyclic) bond motifs is 1. The van der Waals surface area contributed by atoms with Gasteiger partial charge in [0, 0.05) is 30.8 Å². The summed E-state index contributed by atoms with van der Waals surface area (Å²) in [5.41, 5.74) is 0.856. The molecule has 1 aliphatic rings. The van der Waals surface area contributed by atoms with Gasteiger partial charge in [0.05, 0.1) is 35.9 Å². The molecule has 4 rings (SSSR count). The number of methoxy groups -OCH3 is 2. The van der Waals surface area contributed by atoms with E-state index in [1.165, 1.54) is 54.1 Å². The fourth-order valence-corrected chi connectivity index (χ4v) is 6.52. The molecule has 0 aliphatic carbocycles. The molecule has 0 N–H and O–H groups in total. The van der Waals surface area contributed by atoms with Crippen LogP contribution < -0.4 is 14.3 Å². The van der Waals surface area contributed by atoms with Gasteiger partial charge in [0.2, 0.25) is 10.0 Å². The van der Waals surface area contributed by atoms with Gasteiger partial charge in [-0.2, -0.15) is 9.30 Å². The molecule has 3 aromatic rings. The van der Waals surface area contributed by atoms with E-state index in [-0.39, 0.29) is 28.4 Å². The van der Waals surface area contributed by atoms with Crippen molar-refractivity contribution in [2.24, 2.45) is 4.99 Å². The van der Waals surface area contributed by atoms with Gasteiger partial charge < -0.3 is 18.8 Å². The summed E-state index contributed by atoms with van der Waals surface area (Å²) in [5, 5.41) is 0. The molecular weight excluding hydrogens is 506 g/mol. The standard InChI is InChI=1S/C24H27N3O7S2/c1-4-34-22(28)15-27-18-13-19(32-2)20(33-3)14-21(18)35-24(27)25-23(29)16-7-9-17(10-8-16)36(30,31)26-11-5-6-12-26/h7-10,13-14H,4-6,11-12,15H2,1-3H3. The number of rotatable bonds is 8. The molecule has 0 unspecified atom stereocenters. The van der Waals surface area contributed by atoms with Crippen LogP contribution >= 0.6 is 11.3 Å². The molecule has 192 valence electrons. The minimum absolute atomic E-state index is 0.138. The third kappa shape index (κ3) is 5.15. The molecule has 2 heterocycles. The predicted octanol–water partition coefficient (Wildman–Crippen LogP) is 2.81. The van der Waals surface area contributed by atoms with Crippen molar-refractivity contribution in [3.05, 3.63) is 46.8 Å². The largest absolute Gasteiger partial charge is 0.493 e. The van der Waals surface area contributed by atoms with E-state index in [4.69, 9.17) is 14.2 Å². The Morgan fingerprint density at radius 2 is 1.67 bits per heavy atom. The van der Waals surface area contributed by atoms with E-state index in [0.717, 1.165) is 17.5 Å². The number of hydrogen-bond donors (Lipinski definition) is 0. The number of thiazole rings is 1. The maximum absolute atomic E-state index is 13.0. The van der Waals surface area contributed by atoms with Crippen molar-refractivity contribution >= 4 is 43.5 Å². The van der Waals surface area contributed by atoms with E-state index in [0.29, 0.717) is 30.1 Å². The second kappa shape index (κ2) is 10.8. The van der Waals surface area contributed by atoms with Gasteiger partial charge in [0.15, 0.2) is 16.3 Å². The second-order valence-corrected chi connectivity index (χ2v) is 11.0. The number of hydrogen-bond acceptors (Lipinski definition) is 8. The molecule has 1 fully saturated rings. The summed E-state index contributed by atoms with van der Waals surface area (Å²) in [5.74, 6) is -0.0733. The number of aromatic nitrogens is 1. The average molecular weight is 534 g/mol. The van der Waals surface area contributed by atoms with Crippen LogP contribution in [0, 0.1) is 0 Å². The molecular formula is C24H27N3O7S2. The van der Waals surface area contributed by atoms with Crippen LogP contribution in [0.3, 0.4) is 0 Å². The van der Waals surface area contributed by atoms with Gasteiger partial charge in [-0.05, 0) is 44.0 Å². The lowest BCUT2D eigenvalue weighted by molar-refractivity contribution is -0.143. The first-order chi connectivity index (χ1) is 17.3. The summed E-state index contributed by atoms with van der Waals surface area (Å²) in [6.45, 7) is 2.78. The molecule has 1 aliphatic heterocycles. The number of sulfonamides is 1. The van der Waals surface area contributed by atoms with E-state index < -0.39 is 21.9 Å². The Morgan fingerprint density at radius 3 is 2.28 bits per heavy atom. The summed E-state index contributed by atoms with van der Waals surface area (Å²) in [7, 11) is -0.554. The van der Waals surface area contributed by atoms with Crippen molar-refractivity contribution in [1.29, 1.82) is 0 Å². The predicted molar refractivity (Wildman–Crippen MR) is 134 cm³/mol. The van der Waals surface area contributed by atoms with E-state index in [2.05, 4.69) is 4.99 Å². The highest BCUT2D eigenvalue weighted by Gasteiger charge is 2.27. The van der Waals surface area contributed by atoms with Crippen LogP contribution in [0.5, 0.6) is 11.5 Å². The molecule has 2 aromatic carbocycles. The normalized spacial score (nSPS) is 14.8. The van der Waals surface area contributed by atoms with Crippen LogP contribution in [0.2, 0.25) is 0 Å². The fourth-order valence-electron chi connectivity index (χ4n) is 3.97. The average Bonchev–Trinajstić information content (AvgIpc) is 3.53. The van der Waals surface area contributed by atoms with E-state index in [1.54, 1.807) is 23.6 Å². The van der Waals surface area contributed by atoms with Crippen LogP contribution in [-0.4, -0.2) is 63.1 Å². The first-order valence-corrected chi connectivity index (χ1v) is 13.6. The highest BCUT2D eigenvalue weighted by molar-refractivity contribution is 7.89.